The van der Waals surface area contributed by atoms with E-state index in [1.807, 2.05) is 11.6 Å². The van der Waals surface area contributed by atoms with Gasteiger partial charge in [0.05, 0.1) is 6.04 Å². The van der Waals surface area contributed by atoms with Crippen LogP contribution in [-0.2, 0) is 9.59 Å². The van der Waals surface area contributed by atoms with Gasteiger partial charge in [0.15, 0.2) is 0 Å². The summed E-state index contributed by atoms with van der Waals surface area (Å²) in [5.41, 5.74) is 0.419. The van der Waals surface area contributed by atoms with Gasteiger partial charge >= 0.3 is 0 Å². The maximum absolute atomic E-state index is 12.4. The van der Waals surface area contributed by atoms with Crippen molar-refractivity contribution in [3.63, 3.8) is 0 Å². The number of hydrogen-bond acceptors (Lipinski definition) is 4. The number of rotatable bonds is 7. The van der Waals surface area contributed by atoms with Crippen LogP contribution in [0, 0.1) is 29.1 Å². The van der Waals surface area contributed by atoms with Crippen LogP contribution in [-0.4, -0.2) is 23.3 Å². The normalized spacial score (nSPS) is 31.6. The van der Waals surface area contributed by atoms with Gasteiger partial charge < -0.3 is 10.6 Å². The van der Waals surface area contributed by atoms with Crippen LogP contribution in [0.1, 0.15) is 75.3 Å². The van der Waals surface area contributed by atoms with Gasteiger partial charge in [-0.05, 0) is 75.0 Å². The van der Waals surface area contributed by atoms with Crippen molar-refractivity contribution in [3.05, 3.63) is 16.6 Å². The Kier molecular flexibility index (Phi) is 4.93. The summed E-state index contributed by atoms with van der Waals surface area (Å²) in [5.74, 6) is 2.10. The highest BCUT2D eigenvalue weighted by Gasteiger charge is 2.60. The first kappa shape index (κ1) is 18.6. The van der Waals surface area contributed by atoms with E-state index in [9.17, 15) is 9.59 Å². The van der Waals surface area contributed by atoms with E-state index in [-0.39, 0.29) is 17.9 Å². The van der Waals surface area contributed by atoms with Gasteiger partial charge in [-0.15, -0.1) is 11.3 Å². The Labute approximate surface area is 171 Å². The Bertz CT molecular complexity index is 718. The highest BCUT2D eigenvalue weighted by atomic mass is 32.1. The van der Waals surface area contributed by atoms with E-state index < -0.39 is 0 Å². The molecular weight excluding hydrogens is 370 g/mol. The van der Waals surface area contributed by atoms with E-state index in [0.29, 0.717) is 29.1 Å². The average molecular weight is 402 g/mol. The van der Waals surface area contributed by atoms with E-state index >= 15 is 0 Å². The number of hydrogen-bond donors (Lipinski definition) is 2. The summed E-state index contributed by atoms with van der Waals surface area (Å²) in [5, 5.41) is 9.59. The lowest BCUT2D eigenvalue weighted by molar-refractivity contribution is -0.124. The van der Waals surface area contributed by atoms with Gasteiger partial charge in [0.1, 0.15) is 5.01 Å². The minimum Gasteiger partial charge on any atom is -0.356 e. The predicted octanol–water partition coefficient (Wildman–Crippen LogP) is 3.82. The summed E-state index contributed by atoms with van der Waals surface area (Å²) < 4.78 is 0. The van der Waals surface area contributed by atoms with Crippen LogP contribution in [0.15, 0.2) is 11.6 Å². The molecule has 0 bridgehead atoms. The highest BCUT2D eigenvalue weighted by Crippen LogP contribution is 2.65. The summed E-state index contributed by atoms with van der Waals surface area (Å²) in [7, 11) is 0. The van der Waals surface area contributed by atoms with Gasteiger partial charge in [0.25, 0.3) is 0 Å². The molecule has 5 nitrogen and oxygen atoms in total. The van der Waals surface area contributed by atoms with Gasteiger partial charge in [-0.1, -0.05) is 6.42 Å². The molecule has 1 spiro atoms. The van der Waals surface area contributed by atoms with Gasteiger partial charge in [-0.3, -0.25) is 9.59 Å². The topological polar surface area (TPSA) is 71.1 Å². The minimum absolute atomic E-state index is 0.0635. The molecule has 4 saturated carbocycles. The van der Waals surface area contributed by atoms with Crippen molar-refractivity contribution in [2.75, 3.05) is 6.54 Å². The van der Waals surface area contributed by atoms with Crippen molar-refractivity contribution < 1.29 is 9.59 Å². The van der Waals surface area contributed by atoms with E-state index in [2.05, 4.69) is 15.6 Å². The first-order valence-corrected chi connectivity index (χ1v) is 12.0. The van der Waals surface area contributed by atoms with Crippen molar-refractivity contribution in [2.45, 2.75) is 70.3 Å². The second-order valence-electron chi connectivity index (χ2n) is 9.63. The van der Waals surface area contributed by atoms with Crippen LogP contribution >= 0.6 is 11.3 Å². The molecule has 4 aliphatic rings. The predicted molar refractivity (Wildman–Crippen MR) is 109 cm³/mol. The number of amides is 2. The fourth-order valence-electron chi connectivity index (χ4n) is 5.38. The molecule has 2 N–H and O–H groups in total. The van der Waals surface area contributed by atoms with Gasteiger partial charge in [0.2, 0.25) is 11.8 Å². The maximum Gasteiger partial charge on any atom is 0.223 e. The minimum atomic E-state index is 0.0635. The van der Waals surface area contributed by atoms with E-state index in [0.717, 1.165) is 56.5 Å². The summed E-state index contributed by atoms with van der Waals surface area (Å²) in [6.07, 6.45) is 13.3. The van der Waals surface area contributed by atoms with Crippen molar-refractivity contribution in [1.82, 2.24) is 15.6 Å². The summed E-state index contributed by atoms with van der Waals surface area (Å²) >= 11 is 1.65. The van der Waals surface area contributed by atoms with Crippen LogP contribution in [0.25, 0.3) is 0 Å². The van der Waals surface area contributed by atoms with Crippen LogP contribution in [0.4, 0.5) is 0 Å². The van der Waals surface area contributed by atoms with Crippen LogP contribution in [0.5, 0.6) is 0 Å². The molecule has 4 fully saturated rings. The second-order valence-corrected chi connectivity index (χ2v) is 10.6. The highest BCUT2D eigenvalue weighted by molar-refractivity contribution is 7.09. The molecule has 0 aromatic carbocycles. The van der Waals surface area contributed by atoms with E-state index in [4.69, 9.17) is 0 Å². The zero-order valence-corrected chi connectivity index (χ0v) is 17.3. The molecule has 0 unspecified atom stereocenters. The quantitative estimate of drug-likeness (QED) is 0.729. The van der Waals surface area contributed by atoms with Crippen LogP contribution < -0.4 is 10.6 Å². The molecule has 28 heavy (non-hydrogen) atoms. The lowest BCUT2D eigenvalue weighted by atomic mass is 9.78. The van der Waals surface area contributed by atoms with E-state index in [1.165, 1.54) is 19.3 Å². The Morgan fingerprint density at radius 3 is 2.50 bits per heavy atom. The molecule has 5 rings (SSSR count). The number of carbonyl (C=O) groups is 2. The lowest BCUT2D eigenvalue weighted by Gasteiger charge is -2.33. The first-order chi connectivity index (χ1) is 13.6. The molecule has 0 aliphatic heterocycles. The Hall–Kier alpha value is -1.43. The summed E-state index contributed by atoms with van der Waals surface area (Å²) in [6.45, 7) is 0.828. The van der Waals surface area contributed by atoms with Gasteiger partial charge in [0, 0.05) is 30.0 Å². The molecule has 152 valence electrons. The van der Waals surface area contributed by atoms with Gasteiger partial charge in [-0.25, -0.2) is 4.98 Å². The van der Waals surface area contributed by atoms with Crippen molar-refractivity contribution in [1.29, 1.82) is 0 Å². The smallest absolute Gasteiger partial charge is 0.223 e. The zero-order chi connectivity index (χ0) is 19.1. The monoisotopic (exact) mass is 401 g/mol. The van der Waals surface area contributed by atoms with E-state index in [1.54, 1.807) is 11.3 Å². The second kappa shape index (κ2) is 7.43. The molecule has 1 aromatic heterocycles. The number of carbonyl (C=O) groups excluding carboxylic acids is 2. The fraction of sp³-hybridized carbons (Fsp3) is 0.773. The summed E-state index contributed by atoms with van der Waals surface area (Å²) in [4.78, 5) is 29.3. The van der Waals surface area contributed by atoms with Crippen LogP contribution in [0.2, 0.25) is 0 Å². The number of nitrogens with one attached hydrogen (secondary N) is 2. The third-order valence-electron chi connectivity index (χ3n) is 7.75. The Morgan fingerprint density at radius 1 is 1.14 bits per heavy atom. The van der Waals surface area contributed by atoms with Crippen LogP contribution in [0.3, 0.4) is 0 Å². The Morgan fingerprint density at radius 2 is 1.93 bits per heavy atom. The largest absolute Gasteiger partial charge is 0.356 e. The van der Waals surface area contributed by atoms with Crippen molar-refractivity contribution in [3.8, 4) is 0 Å². The molecular formula is C22H31N3O2S. The van der Waals surface area contributed by atoms with Crippen molar-refractivity contribution in [2.24, 2.45) is 29.1 Å². The third kappa shape index (κ3) is 3.72. The molecule has 4 aliphatic carbocycles. The number of aromatic nitrogens is 1. The maximum atomic E-state index is 12.4. The molecule has 0 saturated heterocycles. The van der Waals surface area contributed by atoms with Gasteiger partial charge in [-0.2, -0.15) is 0 Å². The molecule has 2 atom stereocenters. The van der Waals surface area contributed by atoms with Crippen molar-refractivity contribution >= 4 is 23.2 Å². The molecule has 1 aromatic rings. The fourth-order valence-corrected chi connectivity index (χ4v) is 6.16. The Balaban J connectivity index is 1.11. The molecule has 2 amide bonds. The number of thiazole rings is 1. The molecule has 6 heteroatoms. The summed E-state index contributed by atoms with van der Waals surface area (Å²) in [6, 6.07) is 0.0635. The third-order valence-corrected chi connectivity index (χ3v) is 8.61. The lowest BCUT2D eigenvalue weighted by Crippen LogP contribution is -2.38. The SMILES string of the molecule is O=C(N[C@@H](c1nccs1)C1CCC(CNC(=O)[C@H]2CC23CCC3)CC1)C1CC1. The average Bonchev–Trinajstić information content (AvgIpc) is 3.60. The number of nitrogens with zero attached hydrogens (tertiary/aromatic N) is 1. The zero-order valence-electron chi connectivity index (χ0n) is 16.5. The molecule has 0 radical (unpaired) electrons. The molecule has 1 heterocycles. The standard InChI is InChI=1S/C22H31N3O2S/c26-19(16-6-7-16)25-18(21-23-10-11-28-21)15-4-2-14(3-5-15)13-24-20(27)17-12-22(17)8-1-9-22/h10-11,14-18H,1-9,12-13H2,(H,24,27)(H,25,26)/t14?,15?,17-,18-/m1/s1. The first-order valence-electron chi connectivity index (χ1n) is 11.1.